The second-order valence-electron chi connectivity index (χ2n) is 10.2. The van der Waals surface area contributed by atoms with E-state index in [1.165, 1.54) is 35.0 Å². The Labute approximate surface area is 204 Å². The van der Waals surface area contributed by atoms with Gasteiger partial charge in [0.05, 0.1) is 10.6 Å². The van der Waals surface area contributed by atoms with E-state index < -0.39 is 21.8 Å². The highest BCUT2D eigenvalue weighted by molar-refractivity contribution is 7.98. The maximum atomic E-state index is 13.9. The molecule has 4 saturated carbocycles. The zero-order valence-electron chi connectivity index (χ0n) is 19.5. The van der Waals surface area contributed by atoms with Gasteiger partial charge in [0.25, 0.3) is 0 Å². The van der Waals surface area contributed by atoms with E-state index in [1.54, 1.807) is 7.05 Å². The molecule has 1 heterocycles. The third-order valence-electron chi connectivity index (χ3n) is 8.25. The van der Waals surface area contributed by atoms with Gasteiger partial charge in [-0.25, -0.2) is 13.2 Å². The van der Waals surface area contributed by atoms with E-state index >= 15 is 0 Å². The number of thioether (sulfide) groups is 1. The van der Waals surface area contributed by atoms with Gasteiger partial charge in [-0.15, -0.1) is 11.8 Å². The zero-order chi connectivity index (χ0) is 24.3. The van der Waals surface area contributed by atoms with Crippen molar-refractivity contribution < 1.29 is 27.4 Å². The van der Waals surface area contributed by atoms with Crippen molar-refractivity contribution in [1.82, 2.24) is 4.31 Å². The Bertz CT molecular complexity index is 1120. The highest BCUT2D eigenvalue weighted by Gasteiger charge is 2.61. The number of ether oxygens (including phenoxy) is 1. The van der Waals surface area contributed by atoms with Crippen LogP contribution in [0.5, 0.6) is 5.75 Å². The van der Waals surface area contributed by atoms with Crippen LogP contribution < -0.4 is 9.64 Å². The number of hydrogen-bond donors (Lipinski definition) is 1. The zero-order valence-corrected chi connectivity index (χ0v) is 21.1. The maximum Gasteiger partial charge on any atom is 0.368 e. The highest BCUT2D eigenvalue weighted by atomic mass is 32.2. The molecule has 10 heteroatoms. The van der Waals surface area contributed by atoms with Crippen molar-refractivity contribution in [3.8, 4) is 5.75 Å². The van der Waals surface area contributed by atoms with Crippen LogP contribution in [0.15, 0.2) is 34.0 Å². The maximum absolute atomic E-state index is 13.9. The number of aliphatic carboxylic acids is 1. The van der Waals surface area contributed by atoms with Gasteiger partial charge in [-0.3, -0.25) is 0 Å². The van der Waals surface area contributed by atoms with E-state index in [0.29, 0.717) is 29.3 Å². The topological polar surface area (TPSA) is 87.1 Å². The molecule has 1 N–H and O–H groups in total. The van der Waals surface area contributed by atoms with E-state index in [4.69, 9.17) is 9.84 Å². The smallest absolute Gasteiger partial charge is 0.368 e. The second-order valence-corrected chi connectivity index (χ2v) is 13.0. The fourth-order valence-electron chi connectivity index (χ4n) is 6.21. The Balaban J connectivity index is 1.58. The number of fused-ring (bicyclic) bond motifs is 1. The standard InChI is InChI=1S/C24H31FN2O5S2/c1-26-17(7-15-5-3-4-6-15)13-27(24-10-16(11-24)12-24)19-8-21(33-2)20(9-22(19)34(26,30)31)32-14-18(25)23(28)29/h8-9,14-17H,3-7,10-13H2,1-2H3,(H,28,29)/b18-14-/t16?,17-,24?/m1/s1. The first-order valence-corrected chi connectivity index (χ1v) is 14.5. The van der Waals surface area contributed by atoms with Gasteiger partial charge in [0, 0.05) is 31.2 Å². The average molecular weight is 511 g/mol. The van der Waals surface area contributed by atoms with E-state index in [9.17, 15) is 17.6 Å². The lowest BCUT2D eigenvalue weighted by molar-refractivity contribution is -0.134. The third-order valence-corrected chi connectivity index (χ3v) is 11.0. The van der Waals surface area contributed by atoms with Crippen molar-refractivity contribution in [2.45, 2.75) is 72.7 Å². The first kappa shape index (κ1) is 23.9. The first-order valence-electron chi connectivity index (χ1n) is 11.9. The number of carboxylic acid groups (broad SMARTS) is 1. The number of sulfonamides is 1. The van der Waals surface area contributed by atoms with E-state index in [1.807, 2.05) is 12.3 Å². The molecule has 1 aliphatic heterocycles. The Hall–Kier alpha value is -1.78. The van der Waals surface area contributed by atoms with Crippen LogP contribution in [0.2, 0.25) is 0 Å². The molecule has 186 valence electrons. The van der Waals surface area contributed by atoms with Crippen LogP contribution in [0.1, 0.15) is 51.4 Å². The van der Waals surface area contributed by atoms with Crippen molar-refractivity contribution >= 4 is 33.4 Å². The fourth-order valence-corrected chi connectivity index (χ4v) is 8.29. The Morgan fingerprint density at radius 3 is 2.53 bits per heavy atom. The monoisotopic (exact) mass is 510 g/mol. The van der Waals surface area contributed by atoms with Crippen LogP contribution in [0.4, 0.5) is 10.1 Å². The highest BCUT2D eigenvalue weighted by Crippen LogP contribution is 2.62. The second kappa shape index (κ2) is 8.71. The molecule has 2 bridgehead atoms. The molecule has 1 aromatic rings. The quantitative estimate of drug-likeness (QED) is 0.325. The van der Waals surface area contributed by atoms with E-state index in [-0.39, 0.29) is 22.2 Å². The Morgan fingerprint density at radius 2 is 1.97 bits per heavy atom. The molecule has 7 nitrogen and oxygen atoms in total. The van der Waals surface area contributed by atoms with E-state index in [2.05, 4.69) is 4.90 Å². The summed E-state index contributed by atoms with van der Waals surface area (Å²) < 4.78 is 48.2. The lowest BCUT2D eigenvalue weighted by Crippen LogP contribution is -2.69. The molecular weight excluding hydrogens is 479 g/mol. The third kappa shape index (κ3) is 3.91. The molecule has 4 fully saturated rings. The van der Waals surface area contributed by atoms with E-state index in [0.717, 1.165) is 44.4 Å². The summed E-state index contributed by atoms with van der Waals surface area (Å²) in [4.78, 5) is 14.0. The van der Waals surface area contributed by atoms with Crippen LogP contribution in [-0.4, -0.2) is 55.2 Å². The molecule has 0 spiro atoms. The molecule has 0 aromatic heterocycles. The van der Waals surface area contributed by atoms with Crippen LogP contribution in [0.25, 0.3) is 0 Å². The predicted molar refractivity (Wildman–Crippen MR) is 128 cm³/mol. The largest absolute Gasteiger partial charge is 0.476 e. The van der Waals surface area contributed by atoms with Gasteiger partial charge in [-0.2, -0.15) is 8.70 Å². The number of anilines is 1. The van der Waals surface area contributed by atoms with Crippen molar-refractivity contribution in [3.63, 3.8) is 0 Å². The Morgan fingerprint density at radius 1 is 1.29 bits per heavy atom. The van der Waals surface area contributed by atoms with Crippen molar-refractivity contribution in [3.05, 3.63) is 24.2 Å². The minimum Gasteiger partial charge on any atom is -0.476 e. The number of benzene rings is 1. The van der Waals surface area contributed by atoms with Crippen molar-refractivity contribution in [1.29, 1.82) is 0 Å². The number of halogens is 1. The summed E-state index contributed by atoms with van der Waals surface area (Å²) in [5.74, 6) is -1.78. The molecule has 4 aliphatic carbocycles. The summed E-state index contributed by atoms with van der Waals surface area (Å²) >= 11 is 1.35. The molecule has 6 rings (SSSR count). The Kier molecular flexibility index (Phi) is 6.13. The SMILES string of the molecule is CSc1cc2c(cc1O/C=C(\F)C(=O)O)S(=O)(=O)N(C)[C@H](CC1CCCC1)CN2C12CC(C1)C2. The van der Waals surface area contributed by atoms with Crippen LogP contribution in [0.3, 0.4) is 0 Å². The number of carbonyl (C=O) groups is 1. The number of likely N-dealkylation sites (N-methyl/N-ethyl adjacent to an activating group) is 1. The fraction of sp³-hybridized carbons (Fsp3) is 0.625. The molecule has 0 amide bonds. The summed E-state index contributed by atoms with van der Waals surface area (Å²) in [6.07, 6.45) is 11.2. The predicted octanol–water partition coefficient (Wildman–Crippen LogP) is 4.62. The molecular formula is C24H31FN2O5S2. The first-order chi connectivity index (χ1) is 16.1. The van der Waals surface area contributed by atoms with Crippen molar-refractivity contribution in [2.75, 3.05) is 24.7 Å². The van der Waals surface area contributed by atoms with Gasteiger partial charge in [0.1, 0.15) is 16.9 Å². The minimum absolute atomic E-state index is 0.0153. The number of carboxylic acids is 1. The summed E-state index contributed by atoms with van der Waals surface area (Å²) in [6.45, 7) is 0.660. The molecule has 0 radical (unpaired) electrons. The van der Waals surface area contributed by atoms with Gasteiger partial charge < -0.3 is 14.7 Å². The van der Waals surface area contributed by atoms with Gasteiger partial charge in [-0.05, 0) is 49.8 Å². The van der Waals surface area contributed by atoms with Crippen LogP contribution in [0, 0.1) is 11.8 Å². The number of rotatable bonds is 7. The molecule has 5 aliphatic rings. The van der Waals surface area contributed by atoms with Crippen molar-refractivity contribution in [2.24, 2.45) is 11.8 Å². The lowest BCUT2D eigenvalue weighted by Gasteiger charge is -2.67. The molecule has 0 saturated heterocycles. The lowest BCUT2D eigenvalue weighted by atomic mass is 9.49. The summed E-state index contributed by atoms with van der Waals surface area (Å²) in [7, 11) is -2.17. The van der Waals surface area contributed by atoms with Crippen LogP contribution in [-0.2, 0) is 14.8 Å². The number of nitrogens with zero attached hydrogens (tertiary/aromatic N) is 2. The summed E-state index contributed by atoms with van der Waals surface area (Å²) in [5.41, 5.74) is 0.694. The van der Waals surface area contributed by atoms with Gasteiger partial charge in [-0.1, -0.05) is 25.7 Å². The normalized spacial score (nSPS) is 30.8. The molecule has 1 atom stereocenters. The van der Waals surface area contributed by atoms with Gasteiger partial charge >= 0.3 is 5.97 Å². The number of hydrogen-bond acceptors (Lipinski definition) is 6. The minimum atomic E-state index is -3.84. The molecule has 1 aromatic carbocycles. The van der Waals surface area contributed by atoms with Gasteiger partial charge in [0.15, 0.2) is 0 Å². The van der Waals surface area contributed by atoms with Gasteiger partial charge in [0.2, 0.25) is 15.9 Å². The molecule has 34 heavy (non-hydrogen) atoms. The molecule has 0 unspecified atom stereocenters. The average Bonchev–Trinajstić information content (AvgIpc) is 3.23. The van der Waals surface area contributed by atoms with Crippen LogP contribution >= 0.6 is 11.8 Å². The summed E-state index contributed by atoms with van der Waals surface area (Å²) in [6, 6.07) is 3.14. The summed E-state index contributed by atoms with van der Waals surface area (Å²) in [5, 5.41) is 8.80.